The molecule has 0 radical (unpaired) electrons. The molecule has 0 unspecified atom stereocenters. The van der Waals surface area contributed by atoms with E-state index in [9.17, 15) is 19.8 Å². The Balaban J connectivity index is 2.12. The van der Waals surface area contributed by atoms with Gasteiger partial charge in [0, 0.05) is 13.0 Å². The Kier molecular flexibility index (Phi) is 7.99. The highest BCUT2D eigenvalue weighted by atomic mass is 16.3. The van der Waals surface area contributed by atoms with Gasteiger partial charge in [0.2, 0.25) is 11.8 Å². The van der Waals surface area contributed by atoms with Gasteiger partial charge in [0.15, 0.2) is 0 Å². The van der Waals surface area contributed by atoms with Crippen LogP contribution in [0.15, 0.2) is 36.9 Å². The Hall–Kier alpha value is -2.18. The van der Waals surface area contributed by atoms with E-state index in [0.29, 0.717) is 19.4 Å². The van der Waals surface area contributed by atoms with Gasteiger partial charge >= 0.3 is 0 Å². The average Bonchev–Trinajstić information content (AvgIpc) is 2.69. The zero-order chi connectivity index (χ0) is 21.6. The molecule has 3 N–H and O–H groups in total. The zero-order valence-electron chi connectivity index (χ0n) is 17.7. The maximum atomic E-state index is 13.1. The van der Waals surface area contributed by atoms with Crippen LogP contribution in [0.5, 0.6) is 0 Å². The highest BCUT2D eigenvalue weighted by molar-refractivity contribution is 5.86. The quantitative estimate of drug-likeness (QED) is 0.581. The summed E-state index contributed by atoms with van der Waals surface area (Å²) in [5.41, 5.74) is 1.92. The van der Waals surface area contributed by atoms with E-state index in [1.807, 2.05) is 45.0 Å². The molecule has 2 rings (SSSR count). The summed E-state index contributed by atoms with van der Waals surface area (Å²) in [5.74, 6) is -0.977. The van der Waals surface area contributed by atoms with Crippen molar-refractivity contribution in [2.75, 3.05) is 13.2 Å². The van der Waals surface area contributed by atoms with Crippen molar-refractivity contribution >= 4 is 11.8 Å². The molecule has 0 aromatic heterocycles. The molecule has 160 valence electrons. The van der Waals surface area contributed by atoms with Crippen molar-refractivity contribution in [2.24, 2.45) is 11.3 Å². The Labute approximate surface area is 173 Å². The van der Waals surface area contributed by atoms with Crippen LogP contribution >= 0.6 is 0 Å². The van der Waals surface area contributed by atoms with Gasteiger partial charge in [-0.2, -0.15) is 0 Å². The second-order valence-corrected chi connectivity index (χ2v) is 8.87. The number of benzene rings is 1. The van der Waals surface area contributed by atoms with Crippen LogP contribution in [0, 0.1) is 11.3 Å². The number of hydrogen-bond donors (Lipinski definition) is 3. The van der Waals surface area contributed by atoms with Crippen LogP contribution in [0.4, 0.5) is 0 Å². The molecule has 1 aliphatic rings. The summed E-state index contributed by atoms with van der Waals surface area (Å²) in [4.78, 5) is 27.6. The number of aliphatic hydroxyl groups is 2. The third-order valence-electron chi connectivity index (χ3n) is 5.67. The summed E-state index contributed by atoms with van der Waals surface area (Å²) in [6.45, 7) is 9.70. The lowest BCUT2D eigenvalue weighted by Crippen LogP contribution is -2.50. The smallest absolute Gasteiger partial charge is 0.224 e. The number of allylic oxidation sites excluding steroid dienone is 1. The standard InChI is InChI=1S/C23H34N2O4/c1-5-8-17(22(29)24-20(15-27)23(2,3)4)12-21(28)25-13-18-10-7-6-9-16(18)11-19(25)14-26/h5-7,9-10,17,19-20,26-27H,1,8,11-15H2,2-4H3,(H,24,29)/t17-,19+,20-/m1/s1. The van der Waals surface area contributed by atoms with E-state index in [4.69, 9.17) is 0 Å². The number of rotatable bonds is 8. The molecule has 1 aliphatic heterocycles. The first-order valence-electron chi connectivity index (χ1n) is 10.2. The van der Waals surface area contributed by atoms with E-state index < -0.39 is 12.0 Å². The molecule has 0 bridgehead atoms. The number of hydrogen-bond acceptors (Lipinski definition) is 4. The molecular weight excluding hydrogens is 368 g/mol. The highest BCUT2D eigenvalue weighted by Gasteiger charge is 2.33. The largest absolute Gasteiger partial charge is 0.394 e. The molecular formula is C23H34N2O4. The van der Waals surface area contributed by atoms with Crippen molar-refractivity contribution in [1.82, 2.24) is 10.2 Å². The molecule has 3 atom stereocenters. The Bertz CT molecular complexity index is 726. The van der Waals surface area contributed by atoms with Crippen LogP contribution in [0.1, 0.15) is 44.7 Å². The molecule has 0 aliphatic carbocycles. The SMILES string of the molecule is C=CC[C@H](CC(=O)N1Cc2ccccc2C[C@H]1CO)C(=O)N[C@H](CO)C(C)(C)C. The topological polar surface area (TPSA) is 89.9 Å². The number of nitrogens with zero attached hydrogens (tertiary/aromatic N) is 1. The minimum absolute atomic E-state index is 0.0405. The van der Waals surface area contributed by atoms with Gasteiger partial charge in [-0.1, -0.05) is 51.1 Å². The Morgan fingerprint density at radius 2 is 1.93 bits per heavy atom. The first-order valence-corrected chi connectivity index (χ1v) is 10.2. The van der Waals surface area contributed by atoms with Crippen molar-refractivity contribution in [3.8, 4) is 0 Å². The monoisotopic (exact) mass is 402 g/mol. The summed E-state index contributed by atoms with van der Waals surface area (Å²) in [6.07, 6.45) is 2.65. The molecule has 0 fully saturated rings. The van der Waals surface area contributed by atoms with Gasteiger partial charge < -0.3 is 20.4 Å². The van der Waals surface area contributed by atoms with Crippen molar-refractivity contribution in [1.29, 1.82) is 0 Å². The molecule has 0 saturated carbocycles. The predicted octanol–water partition coefficient (Wildman–Crippen LogP) is 2.04. The number of amides is 2. The molecule has 0 spiro atoms. The predicted molar refractivity (Wildman–Crippen MR) is 113 cm³/mol. The third-order valence-corrected chi connectivity index (χ3v) is 5.67. The highest BCUT2D eigenvalue weighted by Crippen LogP contribution is 2.26. The fraction of sp³-hybridized carbons (Fsp3) is 0.565. The number of carbonyl (C=O) groups is 2. The fourth-order valence-electron chi connectivity index (χ4n) is 3.68. The molecule has 2 amide bonds. The molecule has 6 heteroatoms. The fourth-order valence-corrected chi connectivity index (χ4v) is 3.68. The third kappa shape index (κ3) is 5.90. The summed E-state index contributed by atoms with van der Waals surface area (Å²) < 4.78 is 0. The van der Waals surface area contributed by atoms with E-state index in [1.165, 1.54) is 0 Å². The molecule has 29 heavy (non-hydrogen) atoms. The zero-order valence-corrected chi connectivity index (χ0v) is 17.7. The second kappa shape index (κ2) is 10.0. The maximum Gasteiger partial charge on any atom is 0.224 e. The first-order chi connectivity index (χ1) is 13.7. The minimum atomic E-state index is -0.562. The lowest BCUT2D eigenvalue weighted by molar-refractivity contribution is -0.140. The molecule has 1 aromatic rings. The summed E-state index contributed by atoms with van der Waals surface area (Å²) in [5, 5.41) is 22.3. The van der Waals surface area contributed by atoms with Crippen LogP contribution in [0.25, 0.3) is 0 Å². The minimum Gasteiger partial charge on any atom is -0.394 e. The number of carbonyl (C=O) groups excluding carboxylic acids is 2. The Morgan fingerprint density at radius 1 is 1.28 bits per heavy atom. The van der Waals surface area contributed by atoms with Gasteiger partial charge in [-0.05, 0) is 29.4 Å². The summed E-state index contributed by atoms with van der Waals surface area (Å²) >= 11 is 0. The summed E-state index contributed by atoms with van der Waals surface area (Å²) in [6, 6.07) is 7.23. The normalized spacial score (nSPS) is 18.5. The van der Waals surface area contributed by atoms with E-state index in [2.05, 4.69) is 11.9 Å². The van der Waals surface area contributed by atoms with E-state index in [1.54, 1.807) is 11.0 Å². The second-order valence-electron chi connectivity index (χ2n) is 8.87. The van der Waals surface area contributed by atoms with E-state index in [0.717, 1.165) is 11.1 Å². The van der Waals surface area contributed by atoms with Gasteiger partial charge in [-0.15, -0.1) is 6.58 Å². The molecule has 6 nitrogen and oxygen atoms in total. The average molecular weight is 403 g/mol. The Morgan fingerprint density at radius 3 is 2.48 bits per heavy atom. The van der Waals surface area contributed by atoms with Crippen LogP contribution in [-0.2, 0) is 22.6 Å². The number of fused-ring (bicyclic) bond motifs is 1. The van der Waals surface area contributed by atoms with Crippen molar-refractivity contribution in [3.63, 3.8) is 0 Å². The van der Waals surface area contributed by atoms with Crippen LogP contribution < -0.4 is 5.32 Å². The number of aliphatic hydroxyl groups excluding tert-OH is 2. The van der Waals surface area contributed by atoms with Gasteiger partial charge in [-0.3, -0.25) is 9.59 Å². The van der Waals surface area contributed by atoms with E-state index in [-0.39, 0.29) is 42.9 Å². The van der Waals surface area contributed by atoms with Gasteiger partial charge in [-0.25, -0.2) is 0 Å². The van der Waals surface area contributed by atoms with Gasteiger partial charge in [0.25, 0.3) is 0 Å². The van der Waals surface area contributed by atoms with Crippen LogP contribution in [-0.4, -0.2) is 52.2 Å². The van der Waals surface area contributed by atoms with Crippen molar-refractivity contribution < 1.29 is 19.8 Å². The molecule has 1 aromatic carbocycles. The lowest BCUT2D eigenvalue weighted by Gasteiger charge is -2.37. The van der Waals surface area contributed by atoms with Crippen LogP contribution in [0.2, 0.25) is 0 Å². The van der Waals surface area contributed by atoms with Crippen molar-refractivity contribution in [2.45, 2.75) is 58.7 Å². The first kappa shape index (κ1) is 23.1. The van der Waals surface area contributed by atoms with E-state index >= 15 is 0 Å². The van der Waals surface area contributed by atoms with Crippen molar-refractivity contribution in [3.05, 3.63) is 48.0 Å². The maximum absolute atomic E-state index is 13.1. The summed E-state index contributed by atoms with van der Waals surface area (Å²) in [7, 11) is 0. The number of nitrogens with one attached hydrogen (secondary N) is 1. The lowest BCUT2D eigenvalue weighted by atomic mass is 9.86. The molecule has 1 heterocycles. The van der Waals surface area contributed by atoms with Gasteiger partial charge in [0.05, 0.1) is 31.2 Å². The van der Waals surface area contributed by atoms with Gasteiger partial charge in [0.1, 0.15) is 0 Å². The molecule has 0 saturated heterocycles. The van der Waals surface area contributed by atoms with Crippen LogP contribution in [0.3, 0.4) is 0 Å².